The summed E-state index contributed by atoms with van der Waals surface area (Å²) in [4.78, 5) is 37.2. The molecule has 2 amide bonds. The Morgan fingerprint density at radius 2 is 1.78 bits per heavy atom. The van der Waals surface area contributed by atoms with Crippen LogP contribution >= 0.6 is 11.8 Å². The zero-order valence-electron chi connectivity index (χ0n) is 19.0. The molecule has 0 aromatic heterocycles. The molecule has 2 aliphatic heterocycles. The average molecular weight is 449 g/mol. The molecule has 7 heteroatoms. The Morgan fingerprint density at radius 1 is 1.09 bits per heavy atom. The third-order valence-corrected chi connectivity index (χ3v) is 7.15. The van der Waals surface area contributed by atoms with Crippen molar-refractivity contribution in [1.82, 2.24) is 4.90 Å². The molecule has 2 aliphatic rings. The average Bonchev–Trinajstić information content (AvgIpc) is 3.12. The molecule has 0 aliphatic carbocycles. The van der Waals surface area contributed by atoms with Crippen LogP contribution in [0.1, 0.15) is 43.9 Å². The van der Waals surface area contributed by atoms with Crippen molar-refractivity contribution in [3.8, 4) is 0 Å². The highest BCUT2D eigenvalue weighted by Gasteiger charge is 2.44. The van der Waals surface area contributed by atoms with Crippen LogP contribution in [0.3, 0.4) is 0 Å². The molecular weight excluding hydrogens is 420 g/mol. The van der Waals surface area contributed by atoms with E-state index in [1.54, 1.807) is 0 Å². The van der Waals surface area contributed by atoms with Crippen molar-refractivity contribution < 1.29 is 9.59 Å². The second kappa shape index (κ2) is 8.90. The Kier molecular flexibility index (Phi) is 6.20. The molecular formula is C25H28N4O2S. The summed E-state index contributed by atoms with van der Waals surface area (Å²) < 4.78 is 0. The van der Waals surface area contributed by atoms with Gasteiger partial charge in [0.1, 0.15) is 11.9 Å². The minimum Gasteiger partial charge on any atom is -0.325 e. The summed E-state index contributed by atoms with van der Waals surface area (Å²) >= 11 is 1.40. The fraction of sp³-hybridized carbons (Fsp3) is 0.360. The lowest BCUT2D eigenvalue weighted by atomic mass is 10.0. The number of anilines is 1. The van der Waals surface area contributed by atoms with E-state index in [1.165, 1.54) is 11.8 Å². The number of hydrogen-bond acceptors (Lipinski definition) is 5. The van der Waals surface area contributed by atoms with E-state index in [0.29, 0.717) is 17.4 Å². The molecule has 1 N–H and O–H groups in total. The molecule has 6 nitrogen and oxygen atoms in total. The van der Waals surface area contributed by atoms with Gasteiger partial charge in [-0.2, -0.15) is 4.99 Å². The van der Waals surface area contributed by atoms with Gasteiger partial charge in [-0.3, -0.25) is 14.5 Å². The summed E-state index contributed by atoms with van der Waals surface area (Å²) in [6, 6.07) is 13.3. The molecule has 2 unspecified atom stereocenters. The maximum Gasteiger partial charge on any atom is 0.271 e. The first-order chi connectivity index (χ1) is 15.3. The predicted octanol–water partition coefficient (Wildman–Crippen LogP) is 5.07. The number of nitrogens with zero attached hydrogens (tertiary/aromatic N) is 3. The number of aliphatic imine (C=N–C) groups is 2. The molecule has 2 heterocycles. The number of hydrogen-bond donors (Lipinski definition) is 1. The largest absolute Gasteiger partial charge is 0.325 e. The van der Waals surface area contributed by atoms with Gasteiger partial charge in [0.25, 0.3) is 5.91 Å². The quantitative estimate of drug-likeness (QED) is 0.693. The lowest BCUT2D eigenvalue weighted by Crippen LogP contribution is -2.47. The molecule has 0 bridgehead atoms. The van der Waals surface area contributed by atoms with Gasteiger partial charge < -0.3 is 5.32 Å². The van der Waals surface area contributed by atoms with Crippen LogP contribution in [-0.2, 0) is 9.59 Å². The lowest BCUT2D eigenvalue weighted by Gasteiger charge is -2.33. The van der Waals surface area contributed by atoms with Crippen molar-refractivity contribution in [2.45, 2.75) is 52.3 Å². The number of benzene rings is 2. The molecule has 0 saturated carbocycles. The van der Waals surface area contributed by atoms with Crippen LogP contribution in [0.15, 0.2) is 52.4 Å². The highest BCUT2D eigenvalue weighted by atomic mass is 32.2. The minimum absolute atomic E-state index is 0.0586. The van der Waals surface area contributed by atoms with Crippen molar-refractivity contribution in [3.05, 3.63) is 59.2 Å². The maximum atomic E-state index is 13.2. The minimum atomic E-state index is -0.413. The number of amides is 2. The number of rotatable bonds is 5. The Labute approximate surface area is 193 Å². The van der Waals surface area contributed by atoms with Crippen LogP contribution in [0, 0.1) is 19.8 Å². The molecule has 2 aromatic rings. The second-order valence-electron chi connectivity index (χ2n) is 8.51. The first-order valence-corrected chi connectivity index (χ1v) is 11.8. The number of aryl methyl sites for hydroxylation is 2. The standard InChI is InChI=1S/C25H28N4O2S/c1-6-19(23(30)27-20-15(4)10-9-11-16(20)5)32-25-26-18-13-8-7-12-17(18)22-28-24(31)21(14(2)3)29(22)25/h7-14,19,21H,6H2,1-5H3,(H,27,30). The fourth-order valence-electron chi connectivity index (χ4n) is 4.11. The van der Waals surface area contributed by atoms with Gasteiger partial charge in [-0.1, -0.05) is 62.9 Å². The fourth-order valence-corrected chi connectivity index (χ4v) is 5.17. The molecule has 2 atom stereocenters. The van der Waals surface area contributed by atoms with E-state index in [0.717, 1.165) is 28.1 Å². The Bertz CT molecular complexity index is 1120. The summed E-state index contributed by atoms with van der Waals surface area (Å²) in [7, 11) is 0. The maximum absolute atomic E-state index is 13.2. The zero-order chi connectivity index (χ0) is 23.0. The Hall–Kier alpha value is -2.93. The Balaban J connectivity index is 1.66. The van der Waals surface area contributed by atoms with Crippen LogP contribution < -0.4 is 5.32 Å². The van der Waals surface area contributed by atoms with E-state index < -0.39 is 6.04 Å². The van der Waals surface area contributed by atoms with E-state index in [4.69, 9.17) is 4.99 Å². The number of carbonyl (C=O) groups is 2. The van der Waals surface area contributed by atoms with Crippen LogP contribution in [0.4, 0.5) is 11.4 Å². The molecule has 0 spiro atoms. The summed E-state index contributed by atoms with van der Waals surface area (Å²) in [6.45, 7) is 9.99. The lowest BCUT2D eigenvalue weighted by molar-refractivity contribution is -0.120. The third kappa shape index (κ3) is 3.97. The monoisotopic (exact) mass is 448 g/mol. The van der Waals surface area contributed by atoms with Crippen molar-refractivity contribution >= 4 is 46.0 Å². The van der Waals surface area contributed by atoms with Crippen LogP contribution in [-0.4, -0.2) is 39.0 Å². The third-order valence-electron chi connectivity index (χ3n) is 5.81. The van der Waals surface area contributed by atoms with E-state index in [-0.39, 0.29) is 23.0 Å². The molecule has 32 heavy (non-hydrogen) atoms. The number of thioether (sulfide) groups is 1. The molecule has 166 valence electrons. The van der Waals surface area contributed by atoms with Crippen molar-refractivity contribution in [2.75, 3.05) is 5.32 Å². The summed E-state index contributed by atoms with van der Waals surface area (Å²) in [5.74, 6) is 0.463. The van der Waals surface area contributed by atoms with Gasteiger partial charge in [0.15, 0.2) is 5.17 Å². The van der Waals surface area contributed by atoms with E-state index in [9.17, 15) is 9.59 Å². The van der Waals surface area contributed by atoms with E-state index >= 15 is 0 Å². The van der Waals surface area contributed by atoms with Gasteiger partial charge in [-0.05, 0) is 49.4 Å². The van der Waals surface area contributed by atoms with Gasteiger partial charge in [-0.15, -0.1) is 0 Å². The van der Waals surface area contributed by atoms with Crippen molar-refractivity contribution in [2.24, 2.45) is 15.9 Å². The summed E-state index contributed by atoms with van der Waals surface area (Å²) in [6.07, 6.45) is 0.628. The van der Waals surface area contributed by atoms with Crippen LogP contribution in [0.2, 0.25) is 0 Å². The first-order valence-electron chi connectivity index (χ1n) is 11.0. The molecule has 0 saturated heterocycles. The van der Waals surface area contributed by atoms with Gasteiger partial charge in [0.2, 0.25) is 5.91 Å². The van der Waals surface area contributed by atoms with Gasteiger partial charge >= 0.3 is 0 Å². The smallest absolute Gasteiger partial charge is 0.271 e. The highest BCUT2D eigenvalue weighted by Crippen LogP contribution is 2.37. The SMILES string of the molecule is CCC(SC1=Nc2ccccc2C2=NC(=O)C(C(C)C)N12)C(=O)Nc1c(C)cccc1C. The van der Waals surface area contributed by atoms with Crippen molar-refractivity contribution in [1.29, 1.82) is 0 Å². The normalized spacial score (nSPS) is 18.1. The molecule has 4 rings (SSSR count). The number of fused-ring (bicyclic) bond motifs is 3. The zero-order valence-corrected chi connectivity index (χ0v) is 19.9. The van der Waals surface area contributed by atoms with E-state index in [2.05, 4.69) is 10.3 Å². The van der Waals surface area contributed by atoms with Gasteiger partial charge in [0.05, 0.1) is 10.9 Å². The number of para-hydroxylation sites is 2. The topological polar surface area (TPSA) is 74.1 Å². The molecule has 0 radical (unpaired) electrons. The summed E-state index contributed by atoms with van der Waals surface area (Å²) in [5, 5.41) is 3.40. The number of carbonyl (C=O) groups excluding carboxylic acids is 2. The van der Waals surface area contributed by atoms with Gasteiger partial charge in [0, 0.05) is 11.3 Å². The highest BCUT2D eigenvalue weighted by molar-refractivity contribution is 8.15. The molecule has 2 aromatic carbocycles. The van der Waals surface area contributed by atoms with Crippen LogP contribution in [0.5, 0.6) is 0 Å². The van der Waals surface area contributed by atoms with Crippen molar-refractivity contribution in [3.63, 3.8) is 0 Å². The number of amidine groups is 2. The first kappa shape index (κ1) is 22.3. The van der Waals surface area contributed by atoms with E-state index in [1.807, 2.05) is 82.0 Å². The van der Waals surface area contributed by atoms with Crippen LogP contribution in [0.25, 0.3) is 0 Å². The number of nitrogens with one attached hydrogen (secondary N) is 1. The Morgan fingerprint density at radius 3 is 2.44 bits per heavy atom. The second-order valence-corrected chi connectivity index (χ2v) is 9.68. The molecule has 0 fully saturated rings. The predicted molar refractivity (Wildman–Crippen MR) is 132 cm³/mol. The van der Waals surface area contributed by atoms with Gasteiger partial charge in [-0.25, -0.2) is 4.99 Å². The summed E-state index contributed by atoms with van der Waals surface area (Å²) in [5.41, 5.74) is 4.53.